The predicted molar refractivity (Wildman–Crippen MR) is 114 cm³/mol. The topological polar surface area (TPSA) is 80.4 Å². The number of non-ortho nitro benzene ring substituents is 1. The summed E-state index contributed by atoms with van der Waals surface area (Å²) in [5, 5.41) is 21.5. The molecular weight excluding hydrogens is 374 g/mol. The van der Waals surface area contributed by atoms with Crippen LogP contribution in [0.4, 0.5) is 5.69 Å². The first-order valence-corrected chi connectivity index (χ1v) is 10.1. The Labute approximate surface area is 170 Å². The van der Waals surface area contributed by atoms with E-state index in [0.717, 1.165) is 16.0 Å². The Morgan fingerprint density at radius 3 is 1.86 bits per heavy atom. The third kappa shape index (κ3) is 5.13. The second-order valence-electron chi connectivity index (χ2n) is 8.88. The molecule has 0 amide bonds. The fourth-order valence-electron chi connectivity index (χ4n) is 2.84. The molecule has 0 aromatic heterocycles. The zero-order valence-electron chi connectivity index (χ0n) is 17.2. The maximum absolute atomic E-state index is 12.5. The van der Waals surface area contributed by atoms with Crippen LogP contribution in [-0.4, -0.2) is 21.6 Å². The monoisotopic (exact) mass is 401 g/mol. The van der Waals surface area contributed by atoms with Gasteiger partial charge in [-0.3, -0.25) is 14.9 Å². The van der Waals surface area contributed by atoms with Gasteiger partial charge in [-0.25, -0.2) is 0 Å². The zero-order valence-corrected chi connectivity index (χ0v) is 18.0. The van der Waals surface area contributed by atoms with Gasteiger partial charge in [-0.15, -0.1) is 11.8 Å². The number of rotatable bonds is 5. The lowest BCUT2D eigenvalue weighted by Crippen LogP contribution is -2.17. The van der Waals surface area contributed by atoms with E-state index in [0.29, 0.717) is 11.3 Å². The first-order valence-electron chi connectivity index (χ1n) is 9.09. The van der Waals surface area contributed by atoms with Crippen molar-refractivity contribution in [2.24, 2.45) is 0 Å². The summed E-state index contributed by atoms with van der Waals surface area (Å²) in [6.07, 6.45) is 0. The molecule has 0 bridgehead atoms. The molecule has 2 aromatic carbocycles. The molecular formula is C22H27NO4S. The summed E-state index contributed by atoms with van der Waals surface area (Å²) in [6, 6.07) is 9.54. The van der Waals surface area contributed by atoms with E-state index in [-0.39, 0.29) is 28.1 Å². The molecule has 1 N–H and O–H groups in total. The van der Waals surface area contributed by atoms with Crippen LogP contribution in [0.2, 0.25) is 0 Å². The van der Waals surface area contributed by atoms with Crippen LogP contribution in [0.3, 0.4) is 0 Å². The second-order valence-corrected chi connectivity index (χ2v) is 9.93. The summed E-state index contributed by atoms with van der Waals surface area (Å²) in [7, 11) is 0. The summed E-state index contributed by atoms with van der Waals surface area (Å²) in [5.41, 5.74) is 1.65. The average Bonchev–Trinajstić information content (AvgIpc) is 2.58. The van der Waals surface area contributed by atoms with Gasteiger partial charge >= 0.3 is 0 Å². The number of aromatic hydroxyl groups is 1. The van der Waals surface area contributed by atoms with Gasteiger partial charge in [-0.2, -0.15) is 0 Å². The van der Waals surface area contributed by atoms with Crippen LogP contribution >= 0.6 is 11.8 Å². The predicted octanol–water partition coefficient (Wildman–Crippen LogP) is 5.87. The van der Waals surface area contributed by atoms with E-state index in [1.54, 1.807) is 0 Å². The van der Waals surface area contributed by atoms with Crippen LogP contribution < -0.4 is 0 Å². The number of hydrogen-bond acceptors (Lipinski definition) is 5. The highest BCUT2D eigenvalue weighted by molar-refractivity contribution is 8.00. The number of ketones is 1. The normalized spacial score (nSPS) is 12.1. The number of nitrogens with zero attached hydrogens (tertiary/aromatic N) is 1. The van der Waals surface area contributed by atoms with Gasteiger partial charge in [0.2, 0.25) is 0 Å². The number of hydrogen-bond donors (Lipinski definition) is 1. The van der Waals surface area contributed by atoms with Crippen molar-refractivity contribution in [2.45, 2.75) is 57.3 Å². The number of phenolic OH excluding ortho intramolecular Hbond substituents is 1. The van der Waals surface area contributed by atoms with Crippen molar-refractivity contribution < 1.29 is 14.8 Å². The summed E-state index contributed by atoms with van der Waals surface area (Å²) < 4.78 is 0. The average molecular weight is 402 g/mol. The Bertz CT molecular complexity index is 855. The molecule has 2 aromatic rings. The second kappa shape index (κ2) is 7.95. The van der Waals surface area contributed by atoms with Gasteiger partial charge in [0, 0.05) is 33.7 Å². The molecule has 0 heterocycles. The molecule has 0 spiro atoms. The maximum Gasteiger partial charge on any atom is 0.269 e. The number of thioether (sulfide) groups is 1. The van der Waals surface area contributed by atoms with Crippen molar-refractivity contribution in [3.8, 4) is 5.75 Å². The van der Waals surface area contributed by atoms with Crippen molar-refractivity contribution in [1.29, 1.82) is 0 Å². The molecule has 0 saturated heterocycles. The first kappa shape index (κ1) is 22.0. The van der Waals surface area contributed by atoms with E-state index in [1.807, 2.05) is 53.7 Å². The number of carbonyl (C=O) groups excluding carboxylic acids is 1. The molecule has 0 atom stereocenters. The lowest BCUT2D eigenvalue weighted by atomic mass is 9.79. The minimum Gasteiger partial charge on any atom is -0.507 e. The minimum absolute atomic E-state index is 0.0348. The highest BCUT2D eigenvalue weighted by Gasteiger charge is 2.26. The summed E-state index contributed by atoms with van der Waals surface area (Å²) in [6.45, 7) is 12.3. The number of benzene rings is 2. The minimum atomic E-state index is -0.485. The Morgan fingerprint density at radius 1 is 1.00 bits per heavy atom. The number of carbonyl (C=O) groups is 1. The van der Waals surface area contributed by atoms with Crippen molar-refractivity contribution in [2.75, 3.05) is 5.75 Å². The lowest BCUT2D eigenvalue weighted by molar-refractivity contribution is -0.384. The molecule has 28 heavy (non-hydrogen) atoms. The molecule has 0 unspecified atom stereocenters. The Morgan fingerprint density at radius 2 is 1.46 bits per heavy atom. The van der Waals surface area contributed by atoms with E-state index < -0.39 is 4.92 Å². The van der Waals surface area contributed by atoms with Gasteiger partial charge in [0.05, 0.1) is 10.7 Å². The Hall–Kier alpha value is -2.34. The van der Waals surface area contributed by atoms with E-state index in [9.17, 15) is 20.0 Å². The number of nitro groups is 1. The van der Waals surface area contributed by atoms with Gasteiger partial charge < -0.3 is 5.11 Å². The van der Waals surface area contributed by atoms with Crippen molar-refractivity contribution >= 4 is 23.2 Å². The van der Waals surface area contributed by atoms with E-state index in [2.05, 4.69) is 0 Å². The quantitative estimate of drug-likeness (QED) is 0.293. The molecule has 0 radical (unpaired) electrons. The fourth-order valence-corrected chi connectivity index (χ4v) is 3.70. The zero-order chi connectivity index (χ0) is 21.3. The van der Waals surface area contributed by atoms with Crippen LogP contribution in [0.15, 0.2) is 41.3 Å². The number of nitro benzene ring substituents is 1. The smallest absolute Gasteiger partial charge is 0.269 e. The first-order chi connectivity index (χ1) is 12.8. The molecule has 0 saturated carbocycles. The summed E-state index contributed by atoms with van der Waals surface area (Å²) in [5.74, 6) is 0.434. The molecule has 0 aliphatic carbocycles. The SMILES string of the molecule is CC(C)(C)c1cc(SCC(=O)c2ccc([N+](=O)[O-])cc2)cc(C(C)(C)C)c1O. The van der Waals surface area contributed by atoms with Crippen molar-refractivity contribution in [3.05, 3.63) is 63.2 Å². The molecule has 0 aliphatic rings. The summed E-state index contributed by atoms with van der Waals surface area (Å²) >= 11 is 1.41. The molecule has 2 rings (SSSR count). The molecule has 6 heteroatoms. The number of Topliss-reactive ketones (excluding diaryl/α,β-unsaturated/α-hetero) is 1. The molecule has 0 aliphatic heterocycles. The highest BCUT2D eigenvalue weighted by Crippen LogP contribution is 2.41. The van der Waals surface area contributed by atoms with Crippen molar-refractivity contribution in [3.63, 3.8) is 0 Å². The largest absolute Gasteiger partial charge is 0.507 e. The Kier molecular flexibility index (Phi) is 6.24. The third-order valence-electron chi connectivity index (χ3n) is 4.47. The van der Waals surface area contributed by atoms with E-state index in [1.165, 1.54) is 36.0 Å². The molecule has 150 valence electrons. The van der Waals surface area contributed by atoms with Gasteiger partial charge in [0.25, 0.3) is 5.69 Å². The highest BCUT2D eigenvalue weighted by atomic mass is 32.2. The van der Waals surface area contributed by atoms with Crippen LogP contribution in [0, 0.1) is 10.1 Å². The van der Waals surface area contributed by atoms with Crippen LogP contribution in [0.1, 0.15) is 63.0 Å². The lowest BCUT2D eigenvalue weighted by Gasteiger charge is -2.28. The van der Waals surface area contributed by atoms with Gasteiger partial charge in [-0.1, -0.05) is 41.5 Å². The fraction of sp³-hybridized carbons (Fsp3) is 0.409. The van der Waals surface area contributed by atoms with Crippen LogP contribution in [0.25, 0.3) is 0 Å². The van der Waals surface area contributed by atoms with Crippen LogP contribution in [0.5, 0.6) is 5.75 Å². The van der Waals surface area contributed by atoms with Crippen molar-refractivity contribution in [1.82, 2.24) is 0 Å². The standard InChI is InChI=1S/C22H27NO4S/c1-21(2,3)17-11-16(12-18(20(17)25)22(4,5)6)28-13-19(24)14-7-9-15(10-8-14)23(26)27/h7-12,25H,13H2,1-6H3. The molecule has 5 nitrogen and oxygen atoms in total. The van der Waals surface area contributed by atoms with E-state index >= 15 is 0 Å². The Balaban J connectivity index is 2.28. The molecule has 0 fully saturated rings. The maximum atomic E-state index is 12.5. The summed E-state index contributed by atoms with van der Waals surface area (Å²) in [4.78, 5) is 23.7. The van der Waals surface area contributed by atoms with E-state index in [4.69, 9.17) is 0 Å². The van der Waals surface area contributed by atoms with Gasteiger partial charge in [0.1, 0.15) is 5.75 Å². The van der Waals surface area contributed by atoms with Crippen LogP contribution in [-0.2, 0) is 10.8 Å². The van der Waals surface area contributed by atoms with Gasteiger partial charge in [-0.05, 0) is 35.1 Å². The van der Waals surface area contributed by atoms with Gasteiger partial charge in [0.15, 0.2) is 5.78 Å². The number of phenols is 1. The third-order valence-corrected chi connectivity index (χ3v) is 5.45.